The summed E-state index contributed by atoms with van der Waals surface area (Å²) in [6.45, 7) is 8.91. The third kappa shape index (κ3) is 3.41. The predicted molar refractivity (Wildman–Crippen MR) is 101 cm³/mol. The normalized spacial score (nSPS) is 14.2. The minimum Gasteiger partial charge on any atom is -0.287 e. The van der Waals surface area contributed by atoms with Crippen molar-refractivity contribution < 1.29 is 0 Å². The molecule has 0 saturated heterocycles. The second-order valence-corrected chi connectivity index (χ2v) is 8.37. The van der Waals surface area contributed by atoms with E-state index < -0.39 is 0 Å². The first kappa shape index (κ1) is 16.8. The molecule has 0 radical (unpaired) electrons. The lowest BCUT2D eigenvalue weighted by Gasteiger charge is -2.13. The third-order valence-corrected chi connectivity index (χ3v) is 6.62. The minimum absolute atomic E-state index is 0.173. The van der Waals surface area contributed by atoms with Crippen LogP contribution in [0, 0.1) is 0 Å². The number of hydrogen-bond donors (Lipinski definition) is 0. The molecule has 0 saturated carbocycles. The van der Waals surface area contributed by atoms with Gasteiger partial charge in [-0.25, -0.2) is 4.98 Å². The van der Waals surface area contributed by atoms with Gasteiger partial charge in [0, 0.05) is 17.2 Å². The Kier molecular flexibility index (Phi) is 5.27. The Balaban J connectivity index is 2.13. The van der Waals surface area contributed by atoms with E-state index in [2.05, 4.69) is 13.5 Å². The van der Waals surface area contributed by atoms with Gasteiger partial charge in [0.1, 0.15) is 4.83 Å². The van der Waals surface area contributed by atoms with E-state index in [4.69, 9.17) is 4.98 Å². The van der Waals surface area contributed by atoms with E-state index in [0.29, 0.717) is 0 Å². The lowest BCUT2D eigenvalue weighted by Crippen LogP contribution is -2.24. The van der Waals surface area contributed by atoms with Gasteiger partial charge >= 0.3 is 0 Å². The second-order valence-electron chi connectivity index (χ2n) is 6.34. The molecule has 0 N–H and O–H groups in total. The molecule has 1 aliphatic rings. The lowest BCUT2D eigenvalue weighted by atomic mass is 9.97. The number of thiophene rings is 1. The molecule has 0 amide bonds. The van der Waals surface area contributed by atoms with Crippen LogP contribution in [-0.4, -0.2) is 15.3 Å². The van der Waals surface area contributed by atoms with Crippen LogP contribution in [0.15, 0.2) is 22.1 Å². The van der Waals surface area contributed by atoms with Gasteiger partial charge in [0.15, 0.2) is 5.16 Å². The third-order valence-electron chi connectivity index (χ3n) is 4.22. The molecule has 0 aliphatic heterocycles. The molecule has 0 atom stereocenters. The molecule has 2 heterocycles. The van der Waals surface area contributed by atoms with E-state index in [0.717, 1.165) is 58.9 Å². The van der Waals surface area contributed by atoms with Crippen molar-refractivity contribution >= 4 is 33.3 Å². The number of fused-ring (bicyclic) bond motifs is 3. The van der Waals surface area contributed by atoms with E-state index in [9.17, 15) is 4.79 Å². The number of nitrogens with zero attached hydrogens (tertiary/aromatic N) is 2. The van der Waals surface area contributed by atoms with E-state index >= 15 is 0 Å². The van der Waals surface area contributed by atoms with Gasteiger partial charge < -0.3 is 0 Å². The van der Waals surface area contributed by atoms with Gasteiger partial charge in [-0.1, -0.05) is 37.3 Å². The molecule has 3 nitrogen and oxygen atoms in total. The van der Waals surface area contributed by atoms with Gasteiger partial charge in [-0.15, -0.1) is 11.3 Å². The summed E-state index contributed by atoms with van der Waals surface area (Å²) >= 11 is 3.37. The minimum atomic E-state index is 0.173. The number of aryl methyl sites for hydroxylation is 2. The first-order valence-corrected chi connectivity index (χ1v) is 10.2. The molecule has 0 spiro atoms. The Morgan fingerprint density at radius 2 is 2.17 bits per heavy atom. The highest BCUT2D eigenvalue weighted by atomic mass is 32.2. The summed E-state index contributed by atoms with van der Waals surface area (Å²) in [6.07, 6.45) is 6.68. The van der Waals surface area contributed by atoms with Crippen LogP contribution in [0.4, 0.5) is 0 Å². The molecular weight excluding hydrogens is 324 g/mol. The summed E-state index contributed by atoms with van der Waals surface area (Å²) in [6, 6.07) is 0. The van der Waals surface area contributed by atoms with Crippen LogP contribution >= 0.6 is 23.1 Å². The highest BCUT2D eigenvalue weighted by Gasteiger charge is 2.22. The summed E-state index contributed by atoms with van der Waals surface area (Å²) in [7, 11) is 0. The topological polar surface area (TPSA) is 34.9 Å². The maximum atomic E-state index is 13.1. The van der Waals surface area contributed by atoms with Crippen molar-refractivity contribution in [3.05, 3.63) is 32.9 Å². The van der Waals surface area contributed by atoms with Crippen LogP contribution in [0.2, 0.25) is 0 Å². The van der Waals surface area contributed by atoms with Crippen LogP contribution in [0.1, 0.15) is 50.0 Å². The fourth-order valence-electron chi connectivity index (χ4n) is 3.03. The fourth-order valence-corrected chi connectivity index (χ4v) is 5.20. The SMILES string of the molecule is C=C(C)CSc1nc2sc3c(c2c(=O)n1CCCC)CCCC3. The summed E-state index contributed by atoms with van der Waals surface area (Å²) in [5, 5.41) is 1.76. The number of unbranched alkanes of at least 4 members (excludes halogenated alkanes) is 1. The van der Waals surface area contributed by atoms with Crippen molar-refractivity contribution in [2.75, 3.05) is 5.75 Å². The molecule has 0 fully saturated rings. The van der Waals surface area contributed by atoms with Crippen LogP contribution in [0.3, 0.4) is 0 Å². The second kappa shape index (κ2) is 7.22. The standard InChI is InChI=1S/C18H24N2OS2/c1-4-5-10-20-17(21)15-13-8-6-7-9-14(13)23-16(15)19-18(20)22-11-12(2)3/h2,4-11H2,1,3H3. The molecule has 0 unspecified atom stereocenters. The highest BCUT2D eigenvalue weighted by Crippen LogP contribution is 2.34. The quantitative estimate of drug-likeness (QED) is 0.427. The number of hydrogen-bond acceptors (Lipinski definition) is 4. The van der Waals surface area contributed by atoms with Gasteiger partial charge in [0.05, 0.1) is 5.39 Å². The maximum Gasteiger partial charge on any atom is 0.263 e. The van der Waals surface area contributed by atoms with Gasteiger partial charge in [-0.2, -0.15) is 0 Å². The lowest BCUT2D eigenvalue weighted by molar-refractivity contribution is 0.558. The van der Waals surface area contributed by atoms with Crippen molar-refractivity contribution in [1.29, 1.82) is 0 Å². The largest absolute Gasteiger partial charge is 0.287 e. The average molecular weight is 349 g/mol. The molecule has 0 bridgehead atoms. The molecule has 3 rings (SSSR count). The van der Waals surface area contributed by atoms with Crippen molar-refractivity contribution in [3.63, 3.8) is 0 Å². The molecule has 2 aromatic heterocycles. The van der Waals surface area contributed by atoms with E-state index in [1.165, 1.54) is 23.3 Å². The number of thioether (sulfide) groups is 1. The van der Waals surface area contributed by atoms with Gasteiger partial charge in [-0.05, 0) is 44.6 Å². The molecule has 1 aliphatic carbocycles. The zero-order valence-electron chi connectivity index (χ0n) is 14.0. The van der Waals surface area contributed by atoms with Gasteiger partial charge in [-0.3, -0.25) is 9.36 Å². The van der Waals surface area contributed by atoms with Crippen molar-refractivity contribution in [2.45, 2.75) is 64.1 Å². The summed E-state index contributed by atoms with van der Waals surface area (Å²) in [5.41, 5.74) is 2.57. The summed E-state index contributed by atoms with van der Waals surface area (Å²) in [4.78, 5) is 20.3. The maximum absolute atomic E-state index is 13.1. The van der Waals surface area contributed by atoms with Crippen LogP contribution in [0.5, 0.6) is 0 Å². The van der Waals surface area contributed by atoms with Crippen molar-refractivity contribution in [2.24, 2.45) is 0 Å². The monoisotopic (exact) mass is 348 g/mol. The van der Waals surface area contributed by atoms with E-state index in [1.54, 1.807) is 23.1 Å². The first-order valence-electron chi connectivity index (χ1n) is 8.44. The summed E-state index contributed by atoms with van der Waals surface area (Å²) in [5.74, 6) is 0.815. The Hall–Kier alpha value is -1.07. The fraction of sp³-hybridized carbons (Fsp3) is 0.556. The number of aromatic nitrogens is 2. The smallest absolute Gasteiger partial charge is 0.263 e. The van der Waals surface area contributed by atoms with Crippen LogP contribution < -0.4 is 5.56 Å². The predicted octanol–water partition coefficient (Wildman–Crippen LogP) is 4.81. The van der Waals surface area contributed by atoms with Crippen molar-refractivity contribution in [1.82, 2.24) is 9.55 Å². The first-order chi connectivity index (χ1) is 11.1. The molecule has 5 heteroatoms. The number of rotatable bonds is 6. The molecule has 23 heavy (non-hydrogen) atoms. The van der Waals surface area contributed by atoms with Crippen LogP contribution in [-0.2, 0) is 19.4 Å². The summed E-state index contributed by atoms with van der Waals surface area (Å²) < 4.78 is 1.90. The van der Waals surface area contributed by atoms with Crippen molar-refractivity contribution in [3.8, 4) is 0 Å². The Morgan fingerprint density at radius 3 is 2.91 bits per heavy atom. The Labute approximate surface area is 145 Å². The van der Waals surface area contributed by atoms with E-state index in [1.807, 2.05) is 11.5 Å². The zero-order valence-corrected chi connectivity index (χ0v) is 15.6. The molecule has 124 valence electrons. The van der Waals surface area contributed by atoms with E-state index in [-0.39, 0.29) is 5.56 Å². The van der Waals surface area contributed by atoms with Gasteiger partial charge in [0.2, 0.25) is 0 Å². The average Bonchev–Trinajstić information content (AvgIpc) is 2.90. The van der Waals surface area contributed by atoms with Gasteiger partial charge in [0.25, 0.3) is 5.56 Å². The molecule has 2 aromatic rings. The zero-order chi connectivity index (χ0) is 16.4. The Morgan fingerprint density at radius 1 is 1.39 bits per heavy atom. The van der Waals surface area contributed by atoms with Crippen LogP contribution in [0.25, 0.3) is 10.2 Å². The molecule has 0 aromatic carbocycles. The highest BCUT2D eigenvalue weighted by molar-refractivity contribution is 7.99. The Bertz CT molecular complexity index is 788. The molecular formula is C18H24N2OS2.